The number of phosphoric ester groups is 1. The molecule has 0 aliphatic heterocycles. The van der Waals surface area contributed by atoms with Crippen LogP contribution in [0.5, 0.6) is 5.75 Å². The van der Waals surface area contributed by atoms with Crippen molar-refractivity contribution in [3.05, 3.63) is 47.7 Å². The Balaban J connectivity index is 2.54. The number of benzene rings is 1. The van der Waals surface area contributed by atoms with Gasteiger partial charge in [0.1, 0.15) is 17.2 Å². The Morgan fingerprint density at radius 1 is 1.32 bits per heavy atom. The van der Waals surface area contributed by atoms with E-state index in [9.17, 15) is 15.0 Å². The Hall–Kier alpha value is -2.32. The molecule has 1 atom stereocenters. The van der Waals surface area contributed by atoms with Crippen LogP contribution >= 0.6 is 7.82 Å². The lowest BCUT2D eigenvalue weighted by molar-refractivity contribution is 0.157. The highest BCUT2D eigenvalue weighted by molar-refractivity contribution is 7.46. The molecule has 4 N–H and O–H groups in total. The number of hydrogen-bond acceptors (Lipinski definition) is 7. The van der Waals surface area contributed by atoms with Crippen LogP contribution in [0.3, 0.4) is 0 Å². The van der Waals surface area contributed by atoms with Crippen LogP contribution < -0.4 is 9.59 Å². The van der Waals surface area contributed by atoms with Gasteiger partial charge in [-0.3, -0.25) is 15.0 Å². The first-order valence-corrected chi connectivity index (χ1v) is 8.67. The number of rotatable bonds is 5. The molecule has 1 aliphatic rings. The van der Waals surface area contributed by atoms with Gasteiger partial charge < -0.3 is 14.5 Å². The SMILES string of the molecule is COC1=CC=C/C(=N\O)C1(C)N(O)c1cccc(OP(=O)(O)O)c1C. The first-order chi connectivity index (χ1) is 11.6. The third-order valence-corrected chi connectivity index (χ3v) is 4.37. The van der Waals surface area contributed by atoms with Gasteiger partial charge in [-0.15, -0.1) is 0 Å². The smallest absolute Gasteiger partial charge is 0.498 e. The van der Waals surface area contributed by atoms with E-state index in [0.29, 0.717) is 5.76 Å². The van der Waals surface area contributed by atoms with E-state index in [1.165, 1.54) is 38.3 Å². The molecule has 0 bridgehead atoms. The fourth-order valence-electron chi connectivity index (χ4n) is 2.59. The van der Waals surface area contributed by atoms with E-state index in [-0.39, 0.29) is 22.7 Å². The molecule has 1 unspecified atom stereocenters. The van der Waals surface area contributed by atoms with Crippen LogP contribution in [0.4, 0.5) is 5.69 Å². The Labute approximate surface area is 144 Å². The lowest BCUT2D eigenvalue weighted by Gasteiger charge is -2.40. The van der Waals surface area contributed by atoms with Gasteiger partial charge in [0.05, 0.1) is 12.8 Å². The molecule has 0 aromatic heterocycles. The zero-order valence-electron chi connectivity index (χ0n) is 13.8. The number of phosphoric acid groups is 1. The van der Waals surface area contributed by atoms with Crippen molar-refractivity contribution >= 4 is 19.2 Å². The lowest BCUT2D eigenvalue weighted by atomic mass is 9.87. The molecule has 1 aromatic carbocycles. The maximum Gasteiger partial charge on any atom is 0.524 e. The summed E-state index contributed by atoms with van der Waals surface area (Å²) in [6.45, 7) is 3.09. The monoisotopic (exact) mass is 370 g/mol. The molecular formula is C15H19N2O7P. The predicted molar refractivity (Wildman–Crippen MR) is 90.0 cm³/mol. The maximum atomic E-state index is 11.1. The predicted octanol–water partition coefficient (Wildman–Crippen LogP) is 2.35. The van der Waals surface area contributed by atoms with Crippen molar-refractivity contribution in [2.24, 2.45) is 5.16 Å². The Morgan fingerprint density at radius 2 is 2.00 bits per heavy atom. The molecule has 0 radical (unpaired) electrons. The number of anilines is 1. The summed E-state index contributed by atoms with van der Waals surface area (Å²) in [6, 6.07) is 4.35. The molecule has 1 aliphatic carbocycles. The van der Waals surface area contributed by atoms with Gasteiger partial charge in [-0.1, -0.05) is 17.3 Å². The van der Waals surface area contributed by atoms with Gasteiger partial charge in [-0.05, 0) is 38.1 Å². The second kappa shape index (κ2) is 6.89. The molecule has 1 aromatic rings. The molecule has 0 heterocycles. The third-order valence-electron chi connectivity index (χ3n) is 3.93. The van der Waals surface area contributed by atoms with Crippen molar-refractivity contribution in [3.8, 4) is 5.75 Å². The van der Waals surface area contributed by atoms with Gasteiger partial charge in [0, 0.05) is 5.56 Å². The molecule has 25 heavy (non-hydrogen) atoms. The second-order valence-electron chi connectivity index (χ2n) is 5.45. The lowest BCUT2D eigenvalue weighted by Crippen LogP contribution is -2.53. The highest BCUT2D eigenvalue weighted by Gasteiger charge is 2.44. The van der Waals surface area contributed by atoms with E-state index in [2.05, 4.69) is 9.68 Å². The average molecular weight is 370 g/mol. The summed E-state index contributed by atoms with van der Waals surface area (Å²) in [5, 5.41) is 24.2. The number of nitrogens with zero attached hydrogens (tertiary/aromatic N) is 2. The van der Waals surface area contributed by atoms with Gasteiger partial charge in [-0.2, -0.15) is 0 Å². The van der Waals surface area contributed by atoms with Crippen molar-refractivity contribution < 1.29 is 34.0 Å². The van der Waals surface area contributed by atoms with E-state index in [1.807, 2.05) is 0 Å². The van der Waals surface area contributed by atoms with Crippen molar-refractivity contribution in [1.82, 2.24) is 0 Å². The minimum atomic E-state index is -4.76. The highest BCUT2D eigenvalue weighted by atomic mass is 31.2. The molecule has 0 spiro atoms. The standard InChI is InChI=1S/C15H19N2O7P/c1-10-11(6-4-7-12(10)24-25(20,21)22)17(19)15(2)13(16-18)8-5-9-14(15)23-3/h4-9,18-19H,1-3H3,(H2,20,21,22)/b16-13+. The van der Waals surface area contributed by atoms with E-state index in [0.717, 1.165) is 5.06 Å². The molecule has 136 valence electrons. The van der Waals surface area contributed by atoms with Crippen LogP contribution in [0, 0.1) is 6.92 Å². The van der Waals surface area contributed by atoms with Crippen LogP contribution in [-0.4, -0.2) is 38.6 Å². The molecule has 0 amide bonds. The number of hydroxylamine groups is 1. The van der Waals surface area contributed by atoms with Gasteiger partial charge in [0.2, 0.25) is 0 Å². The van der Waals surface area contributed by atoms with E-state index >= 15 is 0 Å². The number of methoxy groups -OCH3 is 1. The summed E-state index contributed by atoms with van der Waals surface area (Å²) >= 11 is 0. The number of hydrogen-bond donors (Lipinski definition) is 4. The zero-order valence-corrected chi connectivity index (χ0v) is 14.7. The zero-order chi connectivity index (χ0) is 18.8. The summed E-state index contributed by atoms with van der Waals surface area (Å²) in [5.74, 6) is 0.205. The molecule has 0 fully saturated rings. The van der Waals surface area contributed by atoms with Gasteiger partial charge in [-0.25, -0.2) is 9.63 Å². The van der Waals surface area contributed by atoms with Crippen molar-refractivity contribution in [2.75, 3.05) is 12.2 Å². The van der Waals surface area contributed by atoms with Crippen molar-refractivity contribution in [3.63, 3.8) is 0 Å². The number of oxime groups is 1. The Morgan fingerprint density at radius 3 is 2.56 bits per heavy atom. The van der Waals surface area contributed by atoms with E-state index in [4.69, 9.17) is 14.5 Å². The highest BCUT2D eigenvalue weighted by Crippen LogP contribution is 2.42. The average Bonchev–Trinajstić information content (AvgIpc) is 2.55. The summed E-state index contributed by atoms with van der Waals surface area (Å²) in [7, 11) is -3.35. The molecule has 10 heteroatoms. The second-order valence-corrected chi connectivity index (χ2v) is 6.61. The number of allylic oxidation sites excluding steroid dienone is 2. The normalized spacial score (nSPS) is 21.8. The van der Waals surface area contributed by atoms with E-state index < -0.39 is 13.4 Å². The van der Waals surface area contributed by atoms with Crippen LogP contribution in [-0.2, 0) is 9.30 Å². The Bertz CT molecular complexity index is 799. The molecular weight excluding hydrogens is 351 g/mol. The fraction of sp³-hybridized carbons (Fsp3) is 0.267. The minimum absolute atomic E-state index is 0.0923. The summed E-state index contributed by atoms with van der Waals surface area (Å²) in [5.41, 5.74) is -0.802. The van der Waals surface area contributed by atoms with Crippen molar-refractivity contribution in [2.45, 2.75) is 19.4 Å². The molecule has 0 saturated carbocycles. The summed E-state index contributed by atoms with van der Waals surface area (Å²) < 4.78 is 21.0. The van der Waals surface area contributed by atoms with Crippen LogP contribution in [0.1, 0.15) is 12.5 Å². The van der Waals surface area contributed by atoms with Crippen LogP contribution in [0.25, 0.3) is 0 Å². The first-order valence-electron chi connectivity index (χ1n) is 7.14. The van der Waals surface area contributed by atoms with Crippen LogP contribution in [0.2, 0.25) is 0 Å². The first kappa shape index (κ1) is 19.0. The van der Waals surface area contributed by atoms with E-state index in [1.54, 1.807) is 19.1 Å². The third kappa shape index (κ3) is 3.54. The molecule has 9 nitrogen and oxygen atoms in total. The minimum Gasteiger partial charge on any atom is -0.498 e. The van der Waals surface area contributed by atoms with Gasteiger partial charge in [0.15, 0.2) is 5.54 Å². The van der Waals surface area contributed by atoms with Crippen LogP contribution in [0.15, 0.2) is 47.3 Å². The maximum absolute atomic E-state index is 11.1. The summed E-state index contributed by atoms with van der Waals surface area (Å²) in [6.07, 6.45) is 4.70. The largest absolute Gasteiger partial charge is 0.524 e. The topological polar surface area (TPSA) is 132 Å². The Kier molecular flexibility index (Phi) is 5.24. The fourth-order valence-corrected chi connectivity index (χ4v) is 3.04. The molecule has 2 rings (SSSR count). The molecule has 0 saturated heterocycles. The number of ether oxygens (including phenoxy) is 1. The van der Waals surface area contributed by atoms with Gasteiger partial charge in [0.25, 0.3) is 0 Å². The van der Waals surface area contributed by atoms with Crippen molar-refractivity contribution in [1.29, 1.82) is 0 Å². The van der Waals surface area contributed by atoms with Gasteiger partial charge >= 0.3 is 7.82 Å². The quantitative estimate of drug-likeness (QED) is 0.353. The summed E-state index contributed by atoms with van der Waals surface area (Å²) in [4.78, 5) is 18.0.